The molecule has 1 fully saturated rings. The van der Waals surface area contributed by atoms with E-state index in [2.05, 4.69) is 0 Å². The van der Waals surface area contributed by atoms with E-state index in [-0.39, 0.29) is 23.0 Å². The number of rotatable bonds is 4. The summed E-state index contributed by atoms with van der Waals surface area (Å²) in [6.07, 6.45) is 4.96. The van der Waals surface area contributed by atoms with Crippen LogP contribution in [0.25, 0.3) is 0 Å². The lowest BCUT2D eigenvalue weighted by Gasteiger charge is -2.30. The predicted octanol–water partition coefficient (Wildman–Crippen LogP) is 2.24. The van der Waals surface area contributed by atoms with Gasteiger partial charge in [0.2, 0.25) is 10.0 Å². The second-order valence-electron chi connectivity index (χ2n) is 5.23. The summed E-state index contributed by atoms with van der Waals surface area (Å²) in [4.78, 5) is -0.00641. The normalized spacial score (nSPS) is 17.6. The van der Waals surface area contributed by atoms with Crippen molar-refractivity contribution in [1.29, 1.82) is 0 Å². The van der Waals surface area contributed by atoms with Crippen LogP contribution in [-0.2, 0) is 16.6 Å². The van der Waals surface area contributed by atoms with Gasteiger partial charge in [-0.05, 0) is 25.0 Å². The number of nitrogens with zero attached hydrogens (tertiary/aromatic N) is 1. The van der Waals surface area contributed by atoms with Gasteiger partial charge in [-0.2, -0.15) is 4.31 Å². The van der Waals surface area contributed by atoms with Gasteiger partial charge in [0.25, 0.3) is 0 Å². The molecule has 0 heterocycles. The molecule has 2 N–H and O–H groups in total. The highest BCUT2D eigenvalue weighted by molar-refractivity contribution is 7.89. The molecular formula is C14H21FN2O2S. The molecule has 1 aliphatic rings. The van der Waals surface area contributed by atoms with Gasteiger partial charge in [0.1, 0.15) is 5.82 Å². The first-order valence-corrected chi connectivity index (χ1v) is 8.38. The van der Waals surface area contributed by atoms with E-state index in [0.29, 0.717) is 0 Å². The molecule has 0 saturated heterocycles. The fourth-order valence-electron chi connectivity index (χ4n) is 2.77. The molecule has 0 aromatic heterocycles. The van der Waals surface area contributed by atoms with Gasteiger partial charge in [-0.1, -0.05) is 25.3 Å². The molecule has 4 nitrogen and oxygen atoms in total. The maximum absolute atomic E-state index is 13.7. The van der Waals surface area contributed by atoms with Crippen LogP contribution >= 0.6 is 0 Å². The Bertz CT molecular complexity index is 569. The summed E-state index contributed by atoms with van der Waals surface area (Å²) in [5.74, 6) is -0.564. The van der Waals surface area contributed by atoms with Crippen molar-refractivity contribution < 1.29 is 12.8 Å². The topological polar surface area (TPSA) is 63.4 Å². The zero-order valence-electron chi connectivity index (χ0n) is 11.7. The maximum atomic E-state index is 13.7. The fourth-order valence-corrected chi connectivity index (χ4v) is 4.43. The molecule has 0 radical (unpaired) electrons. The molecule has 0 unspecified atom stereocenters. The molecule has 6 heteroatoms. The molecule has 112 valence electrons. The van der Waals surface area contributed by atoms with Crippen LogP contribution in [0.2, 0.25) is 0 Å². The third kappa shape index (κ3) is 2.87. The van der Waals surface area contributed by atoms with Crippen LogP contribution in [0.5, 0.6) is 0 Å². The van der Waals surface area contributed by atoms with Crippen molar-refractivity contribution >= 4 is 10.0 Å². The van der Waals surface area contributed by atoms with Gasteiger partial charge in [0, 0.05) is 25.2 Å². The van der Waals surface area contributed by atoms with E-state index in [9.17, 15) is 12.8 Å². The first kappa shape index (κ1) is 15.4. The Labute approximate surface area is 119 Å². The van der Waals surface area contributed by atoms with E-state index < -0.39 is 15.8 Å². The highest BCUT2D eigenvalue weighted by Crippen LogP contribution is 2.28. The Kier molecular flexibility index (Phi) is 4.78. The smallest absolute Gasteiger partial charge is 0.243 e. The van der Waals surface area contributed by atoms with Crippen LogP contribution < -0.4 is 5.73 Å². The summed E-state index contributed by atoms with van der Waals surface area (Å²) >= 11 is 0. The van der Waals surface area contributed by atoms with Crippen LogP contribution in [0.3, 0.4) is 0 Å². The number of nitrogens with two attached hydrogens (primary N) is 1. The molecule has 1 aromatic rings. The summed E-state index contributed by atoms with van der Waals surface area (Å²) in [7, 11) is -2.11. The minimum atomic E-state index is -3.69. The minimum Gasteiger partial charge on any atom is -0.326 e. The van der Waals surface area contributed by atoms with Gasteiger partial charge in [-0.15, -0.1) is 0 Å². The molecule has 2 rings (SSSR count). The number of hydrogen-bond acceptors (Lipinski definition) is 3. The Hall–Kier alpha value is -0.980. The summed E-state index contributed by atoms with van der Waals surface area (Å²) in [5, 5.41) is 0. The van der Waals surface area contributed by atoms with Gasteiger partial charge >= 0.3 is 0 Å². The van der Waals surface area contributed by atoms with Crippen molar-refractivity contribution in [1.82, 2.24) is 4.31 Å². The van der Waals surface area contributed by atoms with Crippen LogP contribution in [-0.4, -0.2) is 25.8 Å². The summed E-state index contributed by atoms with van der Waals surface area (Å²) in [6.45, 7) is -0.125. The molecule has 1 saturated carbocycles. The molecule has 1 aliphatic carbocycles. The number of sulfonamides is 1. The van der Waals surface area contributed by atoms with Crippen molar-refractivity contribution in [2.75, 3.05) is 7.05 Å². The van der Waals surface area contributed by atoms with Crippen molar-refractivity contribution in [3.8, 4) is 0 Å². The predicted molar refractivity (Wildman–Crippen MR) is 76.1 cm³/mol. The number of benzene rings is 1. The van der Waals surface area contributed by atoms with Gasteiger partial charge in [-0.25, -0.2) is 12.8 Å². The van der Waals surface area contributed by atoms with Crippen molar-refractivity contribution in [2.45, 2.75) is 49.6 Å². The van der Waals surface area contributed by atoms with Crippen LogP contribution in [0, 0.1) is 5.82 Å². The largest absolute Gasteiger partial charge is 0.326 e. The highest BCUT2D eigenvalue weighted by Gasteiger charge is 2.31. The van der Waals surface area contributed by atoms with E-state index in [1.54, 1.807) is 7.05 Å². The minimum absolute atomic E-state index is 0.00245. The molecule has 0 spiro atoms. The van der Waals surface area contributed by atoms with E-state index >= 15 is 0 Å². The monoisotopic (exact) mass is 300 g/mol. The Morgan fingerprint density at radius 1 is 1.30 bits per heavy atom. The lowest BCUT2D eigenvalue weighted by molar-refractivity contribution is 0.285. The van der Waals surface area contributed by atoms with Crippen molar-refractivity contribution in [3.05, 3.63) is 29.6 Å². The van der Waals surface area contributed by atoms with Gasteiger partial charge in [0.05, 0.1) is 4.90 Å². The standard InChI is InChI=1S/C14H21FN2O2S/c1-17(11-6-3-2-4-7-11)20(18,19)14-9-5-8-13(15)12(14)10-16/h5,8-9,11H,2-4,6-7,10,16H2,1H3. The zero-order valence-corrected chi connectivity index (χ0v) is 12.5. The molecule has 0 bridgehead atoms. The molecule has 0 amide bonds. The lowest BCUT2D eigenvalue weighted by Crippen LogP contribution is -2.38. The van der Waals surface area contributed by atoms with Crippen molar-refractivity contribution in [3.63, 3.8) is 0 Å². The zero-order chi connectivity index (χ0) is 14.8. The molecule has 1 aromatic carbocycles. The van der Waals surface area contributed by atoms with Crippen molar-refractivity contribution in [2.24, 2.45) is 5.73 Å². The average molecular weight is 300 g/mol. The summed E-state index contributed by atoms with van der Waals surface area (Å²) < 4.78 is 40.4. The van der Waals surface area contributed by atoms with E-state index in [0.717, 1.165) is 32.1 Å². The summed E-state index contributed by atoms with van der Waals surface area (Å²) in [6, 6.07) is 4.08. The number of hydrogen-bond donors (Lipinski definition) is 1. The SMILES string of the molecule is CN(C1CCCCC1)S(=O)(=O)c1cccc(F)c1CN. The first-order chi connectivity index (χ1) is 9.48. The Morgan fingerprint density at radius 3 is 2.55 bits per heavy atom. The van der Waals surface area contributed by atoms with Gasteiger partial charge in [-0.3, -0.25) is 0 Å². The summed E-state index contributed by atoms with van der Waals surface area (Å²) in [5.41, 5.74) is 5.57. The Balaban J connectivity index is 2.37. The quantitative estimate of drug-likeness (QED) is 0.927. The second-order valence-corrected chi connectivity index (χ2v) is 7.20. The molecule has 0 atom stereocenters. The second kappa shape index (κ2) is 6.20. The maximum Gasteiger partial charge on any atom is 0.243 e. The van der Waals surface area contributed by atoms with Crippen LogP contribution in [0.4, 0.5) is 4.39 Å². The first-order valence-electron chi connectivity index (χ1n) is 6.94. The molecule has 20 heavy (non-hydrogen) atoms. The van der Waals surface area contributed by atoms with Gasteiger partial charge < -0.3 is 5.73 Å². The third-order valence-electron chi connectivity index (χ3n) is 4.03. The Morgan fingerprint density at radius 2 is 1.95 bits per heavy atom. The van der Waals surface area contributed by atoms with Crippen LogP contribution in [0.1, 0.15) is 37.7 Å². The van der Waals surface area contributed by atoms with E-state index in [4.69, 9.17) is 5.73 Å². The third-order valence-corrected chi connectivity index (χ3v) is 6.02. The fraction of sp³-hybridized carbons (Fsp3) is 0.571. The van der Waals surface area contributed by atoms with E-state index in [1.807, 2.05) is 0 Å². The number of halogens is 1. The lowest BCUT2D eigenvalue weighted by atomic mass is 9.96. The van der Waals surface area contributed by atoms with E-state index in [1.165, 1.54) is 22.5 Å². The highest BCUT2D eigenvalue weighted by atomic mass is 32.2. The van der Waals surface area contributed by atoms with Gasteiger partial charge in [0.15, 0.2) is 0 Å². The average Bonchev–Trinajstić information content (AvgIpc) is 2.47. The molecule has 0 aliphatic heterocycles. The molecular weight excluding hydrogens is 279 g/mol. The van der Waals surface area contributed by atoms with Crippen LogP contribution in [0.15, 0.2) is 23.1 Å².